The van der Waals surface area contributed by atoms with Gasteiger partial charge in [-0.1, -0.05) is 38.3 Å². The Morgan fingerprint density at radius 1 is 1.38 bits per heavy atom. The molecule has 0 radical (unpaired) electrons. The Bertz CT molecular complexity index is 490. The average Bonchev–Trinajstić information content (AvgIpc) is 2.50. The van der Waals surface area contributed by atoms with Crippen LogP contribution < -0.4 is 0 Å². The second kappa shape index (κ2) is 8.62. The summed E-state index contributed by atoms with van der Waals surface area (Å²) in [4.78, 5) is 29.5. The summed E-state index contributed by atoms with van der Waals surface area (Å²) >= 11 is 5.96. The summed E-state index contributed by atoms with van der Waals surface area (Å²) in [6.45, 7) is 4.53. The van der Waals surface area contributed by atoms with Crippen molar-refractivity contribution in [2.45, 2.75) is 26.7 Å². The van der Waals surface area contributed by atoms with Crippen LogP contribution in [0, 0.1) is 5.92 Å². The van der Waals surface area contributed by atoms with Crippen LogP contribution in [0.3, 0.4) is 0 Å². The SMILES string of the molecule is CCC(CC)CN(CC(=O)OC)C(=O)c1cccnc1Cl. The predicted octanol–water partition coefficient (Wildman–Crippen LogP) is 2.79. The molecule has 0 aliphatic heterocycles. The molecule has 1 aromatic heterocycles. The first kappa shape index (κ1) is 17.4. The monoisotopic (exact) mass is 312 g/mol. The third-order valence-electron chi connectivity index (χ3n) is 3.46. The molecular weight excluding hydrogens is 292 g/mol. The van der Waals surface area contributed by atoms with Crippen molar-refractivity contribution in [1.82, 2.24) is 9.88 Å². The Kier molecular flexibility index (Phi) is 7.15. The molecule has 0 N–H and O–H groups in total. The van der Waals surface area contributed by atoms with Gasteiger partial charge >= 0.3 is 5.97 Å². The molecule has 1 rings (SSSR count). The summed E-state index contributed by atoms with van der Waals surface area (Å²) in [6.07, 6.45) is 3.38. The quantitative estimate of drug-likeness (QED) is 0.574. The number of hydrogen-bond acceptors (Lipinski definition) is 4. The summed E-state index contributed by atoms with van der Waals surface area (Å²) in [7, 11) is 1.30. The van der Waals surface area contributed by atoms with E-state index in [0.29, 0.717) is 18.0 Å². The molecule has 116 valence electrons. The van der Waals surface area contributed by atoms with Crippen LogP contribution in [0.5, 0.6) is 0 Å². The molecule has 1 heterocycles. The molecule has 0 aliphatic carbocycles. The van der Waals surface area contributed by atoms with Crippen LogP contribution >= 0.6 is 11.6 Å². The van der Waals surface area contributed by atoms with Gasteiger partial charge in [0, 0.05) is 12.7 Å². The minimum atomic E-state index is -0.450. The van der Waals surface area contributed by atoms with E-state index in [0.717, 1.165) is 12.8 Å². The zero-order valence-electron chi connectivity index (χ0n) is 12.6. The molecule has 5 nitrogen and oxygen atoms in total. The van der Waals surface area contributed by atoms with Crippen LogP contribution in [0.2, 0.25) is 5.15 Å². The molecule has 0 fully saturated rings. The first-order chi connectivity index (χ1) is 10.0. The third kappa shape index (κ3) is 5.01. The van der Waals surface area contributed by atoms with Crippen LogP contribution in [-0.4, -0.2) is 42.0 Å². The molecular formula is C15H21ClN2O3. The zero-order chi connectivity index (χ0) is 15.8. The second-order valence-corrected chi connectivity index (χ2v) is 5.14. The normalized spacial score (nSPS) is 10.5. The fourth-order valence-corrected chi connectivity index (χ4v) is 2.21. The molecule has 6 heteroatoms. The van der Waals surface area contributed by atoms with Gasteiger partial charge in [-0.15, -0.1) is 0 Å². The number of nitrogens with zero attached hydrogens (tertiary/aromatic N) is 2. The molecule has 0 atom stereocenters. The zero-order valence-corrected chi connectivity index (χ0v) is 13.4. The third-order valence-corrected chi connectivity index (χ3v) is 3.76. The number of hydrogen-bond donors (Lipinski definition) is 0. The van der Waals surface area contributed by atoms with Crippen LogP contribution in [0.25, 0.3) is 0 Å². The van der Waals surface area contributed by atoms with Gasteiger partial charge in [0.15, 0.2) is 0 Å². The van der Waals surface area contributed by atoms with E-state index in [1.54, 1.807) is 12.1 Å². The van der Waals surface area contributed by atoms with Crippen molar-refractivity contribution in [3.05, 3.63) is 29.0 Å². The molecule has 0 bridgehead atoms. The van der Waals surface area contributed by atoms with Crippen molar-refractivity contribution in [3.63, 3.8) is 0 Å². The van der Waals surface area contributed by atoms with E-state index in [9.17, 15) is 9.59 Å². The van der Waals surface area contributed by atoms with Crippen molar-refractivity contribution in [2.24, 2.45) is 5.92 Å². The number of ether oxygens (including phenoxy) is 1. The molecule has 0 saturated carbocycles. The number of methoxy groups -OCH3 is 1. The van der Waals surface area contributed by atoms with Gasteiger partial charge < -0.3 is 9.64 Å². The van der Waals surface area contributed by atoms with Gasteiger partial charge in [0.2, 0.25) is 0 Å². The maximum atomic E-state index is 12.6. The molecule has 0 aromatic carbocycles. The number of amides is 1. The minimum Gasteiger partial charge on any atom is -0.468 e. The molecule has 0 aliphatic rings. The first-order valence-electron chi connectivity index (χ1n) is 7.00. The van der Waals surface area contributed by atoms with Crippen LogP contribution in [0.15, 0.2) is 18.3 Å². The van der Waals surface area contributed by atoms with Gasteiger partial charge in [0.25, 0.3) is 5.91 Å². The summed E-state index contributed by atoms with van der Waals surface area (Å²) in [5, 5.41) is 0.141. The van der Waals surface area contributed by atoms with Crippen molar-refractivity contribution in [2.75, 3.05) is 20.2 Å². The van der Waals surface area contributed by atoms with E-state index < -0.39 is 5.97 Å². The fraction of sp³-hybridized carbons (Fsp3) is 0.533. The Labute approximate surface area is 130 Å². The number of rotatable bonds is 7. The minimum absolute atomic E-state index is 0.0863. The van der Waals surface area contributed by atoms with E-state index in [-0.39, 0.29) is 17.6 Å². The molecule has 0 unspecified atom stereocenters. The number of carbonyl (C=O) groups excluding carboxylic acids is 2. The van der Waals surface area contributed by atoms with Crippen molar-refractivity contribution < 1.29 is 14.3 Å². The first-order valence-corrected chi connectivity index (χ1v) is 7.37. The van der Waals surface area contributed by atoms with E-state index in [1.165, 1.54) is 18.2 Å². The summed E-state index contributed by atoms with van der Waals surface area (Å²) in [5.41, 5.74) is 0.300. The Balaban J connectivity index is 2.96. The van der Waals surface area contributed by atoms with Crippen LogP contribution in [-0.2, 0) is 9.53 Å². The average molecular weight is 313 g/mol. The second-order valence-electron chi connectivity index (χ2n) is 4.79. The van der Waals surface area contributed by atoms with Gasteiger partial charge in [-0.05, 0) is 18.1 Å². The number of pyridine rings is 1. The lowest BCUT2D eigenvalue weighted by Crippen LogP contribution is -2.39. The van der Waals surface area contributed by atoms with Gasteiger partial charge in [-0.3, -0.25) is 9.59 Å². The largest absolute Gasteiger partial charge is 0.468 e. The van der Waals surface area contributed by atoms with Gasteiger partial charge in [0.1, 0.15) is 11.7 Å². The number of halogens is 1. The maximum Gasteiger partial charge on any atom is 0.325 e. The standard InChI is InChI=1S/C15H21ClN2O3/c1-4-11(5-2)9-18(10-13(19)21-3)15(20)12-7-6-8-17-14(12)16/h6-8,11H,4-5,9-10H2,1-3H3. The highest BCUT2D eigenvalue weighted by atomic mass is 35.5. The maximum absolute atomic E-state index is 12.6. The lowest BCUT2D eigenvalue weighted by atomic mass is 10.0. The molecule has 0 saturated heterocycles. The van der Waals surface area contributed by atoms with E-state index in [2.05, 4.69) is 23.6 Å². The summed E-state index contributed by atoms with van der Waals surface area (Å²) in [5.74, 6) is -0.422. The fourth-order valence-electron chi connectivity index (χ4n) is 2.01. The molecule has 1 aromatic rings. The number of esters is 1. The van der Waals surface area contributed by atoms with Gasteiger partial charge in [-0.25, -0.2) is 4.98 Å². The van der Waals surface area contributed by atoms with E-state index in [1.807, 2.05) is 0 Å². The molecule has 1 amide bonds. The molecule has 21 heavy (non-hydrogen) atoms. The van der Waals surface area contributed by atoms with E-state index >= 15 is 0 Å². The van der Waals surface area contributed by atoms with E-state index in [4.69, 9.17) is 11.6 Å². The highest BCUT2D eigenvalue weighted by Gasteiger charge is 2.23. The Morgan fingerprint density at radius 2 is 2.05 bits per heavy atom. The van der Waals surface area contributed by atoms with Crippen molar-refractivity contribution in [3.8, 4) is 0 Å². The molecule has 0 spiro atoms. The van der Waals surface area contributed by atoms with Gasteiger partial charge in [0.05, 0.1) is 12.7 Å². The Hall–Kier alpha value is -1.62. The van der Waals surface area contributed by atoms with Crippen LogP contribution in [0.1, 0.15) is 37.0 Å². The lowest BCUT2D eigenvalue weighted by Gasteiger charge is -2.26. The smallest absolute Gasteiger partial charge is 0.325 e. The number of aromatic nitrogens is 1. The lowest BCUT2D eigenvalue weighted by molar-refractivity contribution is -0.141. The summed E-state index contributed by atoms with van der Waals surface area (Å²) < 4.78 is 4.66. The van der Waals surface area contributed by atoms with Crippen molar-refractivity contribution >= 4 is 23.5 Å². The highest BCUT2D eigenvalue weighted by molar-refractivity contribution is 6.32. The predicted molar refractivity (Wildman–Crippen MR) is 81.2 cm³/mol. The highest BCUT2D eigenvalue weighted by Crippen LogP contribution is 2.17. The topological polar surface area (TPSA) is 59.5 Å². The Morgan fingerprint density at radius 3 is 2.57 bits per heavy atom. The van der Waals surface area contributed by atoms with Crippen LogP contribution in [0.4, 0.5) is 0 Å². The number of carbonyl (C=O) groups is 2. The summed E-state index contributed by atoms with van der Waals surface area (Å²) in [6, 6.07) is 3.25. The van der Waals surface area contributed by atoms with Crippen molar-refractivity contribution in [1.29, 1.82) is 0 Å². The van der Waals surface area contributed by atoms with Gasteiger partial charge in [-0.2, -0.15) is 0 Å².